The maximum Gasteiger partial charge on any atom is 0.258 e. The molecule has 0 radical (unpaired) electrons. The minimum Gasteiger partial charge on any atom is -0.392 e. The Morgan fingerprint density at radius 3 is 2.31 bits per heavy atom. The Kier molecular flexibility index (Phi) is 10.9. The van der Waals surface area contributed by atoms with E-state index in [1.54, 1.807) is 13.8 Å². The summed E-state index contributed by atoms with van der Waals surface area (Å²) >= 11 is 0. The lowest BCUT2D eigenvalue weighted by Crippen LogP contribution is -2.62. The predicted octanol–water partition coefficient (Wildman–Crippen LogP) is 1.73. The van der Waals surface area contributed by atoms with Gasteiger partial charge in [0.25, 0.3) is 5.91 Å². The molecule has 4 bridgehead atoms. The van der Waals surface area contributed by atoms with E-state index in [1.165, 1.54) is 5.01 Å². The number of hydrogen-bond donors (Lipinski definition) is 5. The SMILES string of the molecule is CC1NC(=O)[C@H](C(C)C)NC(=O)[C@H](C)[C@H](O)CCCCc2cccc(c2)[C@@H](C)NC(=O)[C@@H]2CCCN(N2)C1=O. The highest BCUT2D eigenvalue weighted by Crippen LogP contribution is 2.19. The third kappa shape index (κ3) is 8.25. The van der Waals surface area contributed by atoms with Gasteiger partial charge in [0.1, 0.15) is 18.1 Å². The third-order valence-corrected chi connectivity index (χ3v) is 7.76. The maximum atomic E-state index is 13.2. The second-order valence-corrected chi connectivity index (χ2v) is 11.4. The molecule has 0 saturated carbocycles. The van der Waals surface area contributed by atoms with E-state index in [2.05, 4.69) is 27.4 Å². The van der Waals surface area contributed by atoms with E-state index in [1.807, 2.05) is 39.0 Å². The molecule has 0 aromatic heterocycles. The number of hydrogen-bond acceptors (Lipinski definition) is 6. The average molecular weight is 544 g/mol. The van der Waals surface area contributed by atoms with Gasteiger partial charge in [0, 0.05) is 6.54 Å². The van der Waals surface area contributed by atoms with Crippen LogP contribution < -0.4 is 21.4 Å². The minimum atomic E-state index is -0.868. The molecule has 1 aromatic carbocycles. The number of aryl methyl sites for hydroxylation is 1. The van der Waals surface area contributed by atoms with Gasteiger partial charge in [0.05, 0.1) is 18.1 Å². The Morgan fingerprint density at radius 1 is 0.872 bits per heavy atom. The van der Waals surface area contributed by atoms with Gasteiger partial charge < -0.3 is 21.1 Å². The fourth-order valence-corrected chi connectivity index (χ4v) is 5.08. The second-order valence-electron chi connectivity index (χ2n) is 11.4. The van der Waals surface area contributed by atoms with Crippen LogP contribution in [0.3, 0.4) is 0 Å². The van der Waals surface area contributed by atoms with Crippen LogP contribution in [0.5, 0.6) is 0 Å². The number of rotatable bonds is 1. The van der Waals surface area contributed by atoms with Gasteiger partial charge in [-0.3, -0.25) is 24.2 Å². The lowest BCUT2D eigenvalue weighted by molar-refractivity contribution is -0.143. The molecule has 1 unspecified atom stereocenters. The molecule has 1 saturated heterocycles. The monoisotopic (exact) mass is 543 g/mol. The molecule has 5 N–H and O–H groups in total. The molecular weight excluding hydrogens is 498 g/mol. The van der Waals surface area contributed by atoms with Gasteiger partial charge in [-0.25, -0.2) is 5.43 Å². The van der Waals surface area contributed by atoms with Crippen LogP contribution in [0.15, 0.2) is 24.3 Å². The van der Waals surface area contributed by atoms with Crippen LogP contribution in [0.25, 0.3) is 0 Å². The largest absolute Gasteiger partial charge is 0.392 e. The van der Waals surface area contributed by atoms with Crippen molar-refractivity contribution >= 4 is 23.6 Å². The van der Waals surface area contributed by atoms with Crippen molar-refractivity contribution in [2.75, 3.05) is 6.54 Å². The Bertz CT molecular complexity index is 1030. The molecule has 1 fully saturated rings. The number of carbonyl (C=O) groups is 4. The first-order chi connectivity index (χ1) is 18.5. The summed E-state index contributed by atoms with van der Waals surface area (Å²) in [5.74, 6) is -2.32. The Balaban J connectivity index is 1.82. The standard InChI is InChI=1S/C29H45N5O5/c1-17(2)25-28(38)31-20(5)29(39)34-15-9-13-23(33-34)27(37)30-19(4)22-12-8-11-21(16-22)10-6-7-14-24(35)18(3)26(36)32-25/h8,11-12,16-20,23-25,33,35H,6-7,9-10,13-15H2,1-5H3,(H,30,37)(H,31,38)(H,32,36)/t18-,19-,20?,23+,24-,25+/m1/s1. The molecule has 2 heterocycles. The van der Waals surface area contributed by atoms with Crippen molar-refractivity contribution in [1.29, 1.82) is 0 Å². The van der Waals surface area contributed by atoms with Crippen molar-refractivity contribution < 1.29 is 24.3 Å². The topological polar surface area (TPSA) is 140 Å². The van der Waals surface area contributed by atoms with Gasteiger partial charge in [-0.15, -0.1) is 0 Å². The molecule has 1 aromatic rings. The molecule has 6 atom stereocenters. The van der Waals surface area contributed by atoms with Crippen molar-refractivity contribution in [2.24, 2.45) is 11.8 Å². The van der Waals surface area contributed by atoms with Gasteiger partial charge in [0.2, 0.25) is 17.7 Å². The number of nitrogens with zero attached hydrogens (tertiary/aromatic N) is 1. The molecule has 10 heteroatoms. The fraction of sp³-hybridized carbons (Fsp3) is 0.655. The first-order valence-electron chi connectivity index (χ1n) is 14.2. The highest BCUT2D eigenvalue weighted by molar-refractivity contribution is 5.92. The van der Waals surface area contributed by atoms with E-state index in [9.17, 15) is 24.3 Å². The van der Waals surface area contributed by atoms with Crippen molar-refractivity contribution in [3.63, 3.8) is 0 Å². The van der Waals surface area contributed by atoms with Crippen LogP contribution in [-0.2, 0) is 25.6 Å². The van der Waals surface area contributed by atoms with E-state index in [-0.39, 0.29) is 23.8 Å². The van der Waals surface area contributed by atoms with Gasteiger partial charge in [-0.05, 0) is 63.0 Å². The number of amides is 4. The van der Waals surface area contributed by atoms with Crippen LogP contribution in [0.2, 0.25) is 0 Å². The number of nitrogens with one attached hydrogen (secondary N) is 4. The number of hydrazine groups is 1. The van der Waals surface area contributed by atoms with Crippen molar-refractivity contribution in [3.8, 4) is 0 Å². The van der Waals surface area contributed by atoms with E-state index in [0.717, 1.165) is 30.4 Å². The lowest BCUT2D eigenvalue weighted by Gasteiger charge is -2.35. The van der Waals surface area contributed by atoms with Crippen LogP contribution in [-0.4, -0.2) is 64.5 Å². The van der Waals surface area contributed by atoms with Crippen molar-refractivity contribution in [2.45, 2.75) is 103 Å². The highest BCUT2D eigenvalue weighted by atomic mass is 16.3. The molecule has 2 aliphatic heterocycles. The fourth-order valence-electron chi connectivity index (χ4n) is 5.08. The maximum absolute atomic E-state index is 13.2. The summed E-state index contributed by atoms with van der Waals surface area (Å²) in [5.41, 5.74) is 5.17. The van der Waals surface area contributed by atoms with E-state index in [0.29, 0.717) is 25.8 Å². The number of carbonyl (C=O) groups excluding carboxylic acids is 4. The van der Waals surface area contributed by atoms with Crippen LogP contribution in [0.1, 0.15) is 83.9 Å². The normalized spacial score (nSPS) is 30.5. The zero-order chi connectivity index (χ0) is 28.7. The molecule has 2 aliphatic rings. The Morgan fingerprint density at radius 2 is 1.59 bits per heavy atom. The van der Waals surface area contributed by atoms with Gasteiger partial charge >= 0.3 is 0 Å². The number of aliphatic hydroxyl groups excluding tert-OH is 1. The van der Waals surface area contributed by atoms with Gasteiger partial charge in [0.15, 0.2) is 0 Å². The summed E-state index contributed by atoms with van der Waals surface area (Å²) in [6, 6.07) is 5.59. The molecule has 216 valence electrons. The molecule has 4 amide bonds. The average Bonchev–Trinajstić information content (AvgIpc) is 2.92. The summed E-state index contributed by atoms with van der Waals surface area (Å²) in [6.45, 7) is 9.23. The lowest BCUT2D eigenvalue weighted by atomic mass is 9.95. The summed E-state index contributed by atoms with van der Waals surface area (Å²) in [4.78, 5) is 52.3. The van der Waals surface area contributed by atoms with Gasteiger partial charge in [-0.1, -0.05) is 51.5 Å². The van der Waals surface area contributed by atoms with Crippen molar-refractivity contribution in [1.82, 2.24) is 26.4 Å². The van der Waals surface area contributed by atoms with Crippen LogP contribution >= 0.6 is 0 Å². The number of aliphatic hydroxyl groups is 1. The van der Waals surface area contributed by atoms with Crippen LogP contribution in [0.4, 0.5) is 0 Å². The molecule has 39 heavy (non-hydrogen) atoms. The molecule has 0 aliphatic carbocycles. The predicted molar refractivity (Wildman–Crippen MR) is 148 cm³/mol. The molecular formula is C29H45N5O5. The summed E-state index contributed by atoms with van der Waals surface area (Å²) in [5, 5.41) is 20.6. The zero-order valence-corrected chi connectivity index (χ0v) is 23.8. The summed E-state index contributed by atoms with van der Waals surface area (Å²) < 4.78 is 0. The quantitative estimate of drug-likeness (QED) is 0.366. The highest BCUT2D eigenvalue weighted by Gasteiger charge is 2.34. The van der Waals surface area contributed by atoms with Gasteiger partial charge in [-0.2, -0.15) is 0 Å². The zero-order valence-electron chi connectivity index (χ0n) is 23.8. The van der Waals surface area contributed by atoms with Crippen molar-refractivity contribution in [3.05, 3.63) is 35.4 Å². The first kappa shape index (κ1) is 30.6. The van der Waals surface area contributed by atoms with Crippen LogP contribution in [0, 0.1) is 11.8 Å². The Labute approximate surface area is 231 Å². The third-order valence-electron chi connectivity index (χ3n) is 7.76. The molecule has 10 nitrogen and oxygen atoms in total. The summed E-state index contributed by atoms with van der Waals surface area (Å²) in [7, 11) is 0. The van der Waals surface area contributed by atoms with E-state index < -0.39 is 42.0 Å². The van der Waals surface area contributed by atoms with E-state index >= 15 is 0 Å². The molecule has 0 spiro atoms. The minimum absolute atomic E-state index is 0.185. The second kappa shape index (κ2) is 13.9. The van der Waals surface area contributed by atoms with E-state index in [4.69, 9.17) is 0 Å². The summed E-state index contributed by atoms with van der Waals surface area (Å²) in [6.07, 6.45) is 3.28. The smallest absolute Gasteiger partial charge is 0.258 e. The first-order valence-corrected chi connectivity index (χ1v) is 14.2. The molecule has 3 rings (SSSR count). The number of benzene rings is 1. The Hall–Kier alpha value is -2.98. The number of fused-ring (bicyclic) bond motifs is 4.